The van der Waals surface area contributed by atoms with Gasteiger partial charge in [-0.05, 0) is 35.1 Å². The van der Waals surface area contributed by atoms with Gasteiger partial charge >= 0.3 is 0 Å². The SMILES string of the molecule is [O-][C@@](c1ccccc1)(c1ncc(C[N+]23CCC(CC2)C(CSc2ccccc2)C3)o1)C1CCC1. The van der Waals surface area contributed by atoms with Gasteiger partial charge in [0, 0.05) is 29.4 Å². The molecule has 0 spiro atoms. The largest absolute Gasteiger partial charge is 0.839 e. The summed E-state index contributed by atoms with van der Waals surface area (Å²) in [6.07, 6.45) is 7.50. The van der Waals surface area contributed by atoms with Crippen molar-refractivity contribution in [2.24, 2.45) is 17.8 Å². The monoisotopic (exact) mass is 474 g/mol. The summed E-state index contributed by atoms with van der Waals surface area (Å²) >= 11 is 2.00. The quantitative estimate of drug-likeness (QED) is 0.331. The van der Waals surface area contributed by atoms with Gasteiger partial charge in [-0.1, -0.05) is 67.8 Å². The fourth-order valence-electron chi connectivity index (χ4n) is 6.48. The second kappa shape index (κ2) is 9.18. The Morgan fingerprint density at radius 3 is 2.35 bits per heavy atom. The second-order valence-corrected chi connectivity index (χ2v) is 11.8. The molecule has 1 unspecified atom stereocenters. The fourth-order valence-corrected chi connectivity index (χ4v) is 7.62. The third-order valence-electron chi connectivity index (χ3n) is 8.69. The van der Waals surface area contributed by atoms with E-state index in [9.17, 15) is 5.11 Å². The van der Waals surface area contributed by atoms with E-state index in [1.807, 2.05) is 48.3 Å². The highest BCUT2D eigenvalue weighted by Gasteiger charge is 2.46. The number of piperidine rings is 3. The number of benzene rings is 2. The Labute approximate surface area is 207 Å². The summed E-state index contributed by atoms with van der Waals surface area (Å²) in [5.41, 5.74) is -0.585. The van der Waals surface area contributed by atoms with Crippen LogP contribution in [0.25, 0.3) is 0 Å². The summed E-state index contributed by atoms with van der Waals surface area (Å²) in [5.74, 6) is 4.12. The first-order chi connectivity index (χ1) is 16.6. The molecule has 2 aromatic carbocycles. The van der Waals surface area contributed by atoms with E-state index >= 15 is 0 Å². The molecule has 0 N–H and O–H groups in total. The average Bonchev–Trinajstić information content (AvgIpc) is 3.32. The molecule has 34 heavy (non-hydrogen) atoms. The van der Waals surface area contributed by atoms with Crippen molar-refractivity contribution < 1.29 is 14.0 Å². The van der Waals surface area contributed by atoms with Crippen molar-refractivity contribution >= 4 is 11.8 Å². The minimum atomic E-state index is -1.37. The van der Waals surface area contributed by atoms with E-state index in [4.69, 9.17) is 4.42 Å². The molecule has 4 heterocycles. The fraction of sp³-hybridized carbons (Fsp3) is 0.483. The zero-order valence-electron chi connectivity index (χ0n) is 19.8. The number of aromatic nitrogens is 1. The molecule has 4 fully saturated rings. The van der Waals surface area contributed by atoms with Crippen LogP contribution in [0.3, 0.4) is 0 Å². The number of hydrogen-bond donors (Lipinski definition) is 0. The van der Waals surface area contributed by atoms with Crippen LogP contribution in [0.2, 0.25) is 0 Å². The van der Waals surface area contributed by atoms with Gasteiger partial charge in [-0.15, -0.1) is 11.8 Å². The number of rotatable bonds is 8. The van der Waals surface area contributed by atoms with Crippen LogP contribution in [0.15, 0.2) is 76.2 Å². The van der Waals surface area contributed by atoms with E-state index < -0.39 is 5.60 Å². The third-order valence-corrected chi connectivity index (χ3v) is 9.89. The van der Waals surface area contributed by atoms with Crippen molar-refractivity contribution in [3.05, 3.63) is 84.1 Å². The topological polar surface area (TPSA) is 49.1 Å². The molecule has 0 amide bonds. The molecule has 1 aromatic heterocycles. The molecule has 1 saturated carbocycles. The molecule has 3 aliphatic heterocycles. The minimum absolute atomic E-state index is 0.0681. The van der Waals surface area contributed by atoms with E-state index in [1.54, 1.807) is 0 Å². The van der Waals surface area contributed by atoms with E-state index in [0.717, 1.165) is 53.4 Å². The van der Waals surface area contributed by atoms with Crippen molar-refractivity contribution in [1.82, 2.24) is 4.98 Å². The first-order valence-electron chi connectivity index (χ1n) is 12.9. The summed E-state index contributed by atoms with van der Waals surface area (Å²) in [6.45, 7) is 4.51. The van der Waals surface area contributed by atoms with Crippen LogP contribution in [0.5, 0.6) is 0 Å². The molecule has 2 bridgehead atoms. The van der Waals surface area contributed by atoms with Gasteiger partial charge < -0.3 is 14.0 Å². The predicted octanol–water partition coefficient (Wildman–Crippen LogP) is 5.23. The van der Waals surface area contributed by atoms with Gasteiger partial charge in [-0.3, -0.25) is 0 Å². The number of nitrogens with zero attached hydrogens (tertiary/aromatic N) is 2. The Hall–Kier alpha value is -2.08. The number of oxazole rings is 1. The number of fused-ring (bicyclic) bond motifs is 3. The first-order valence-corrected chi connectivity index (χ1v) is 13.9. The minimum Gasteiger partial charge on any atom is -0.839 e. The van der Waals surface area contributed by atoms with Crippen LogP contribution >= 0.6 is 11.8 Å². The van der Waals surface area contributed by atoms with Crippen LogP contribution in [0, 0.1) is 17.8 Å². The zero-order valence-corrected chi connectivity index (χ0v) is 20.6. The summed E-state index contributed by atoms with van der Waals surface area (Å²) < 4.78 is 7.42. The first kappa shape index (κ1) is 22.4. The summed E-state index contributed by atoms with van der Waals surface area (Å²) in [4.78, 5) is 5.98. The summed E-state index contributed by atoms with van der Waals surface area (Å²) in [7, 11) is 0. The standard InChI is InChI=1S/C29H34N2O2S/c32-29(25-10-7-11-25,24-8-3-1-4-9-24)28-30-18-26(33-28)20-31-16-14-22(15-17-31)23(19-31)21-34-27-12-5-2-6-13-27/h1-6,8-9,12-13,18,22-23,25H,7,10-11,14-17,19-21H2/t22?,23?,29-,31?/m1/s1. The van der Waals surface area contributed by atoms with Gasteiger partial charge in [0.15, 0.2) is 11.7 Å². The Morgan fingerprint density at radius 1 is 0.971 bits per heavy atom. The Kier molecular flexibility index (Phi) is 6.04. The molecule has 5 heteroatoms. The van der Waals surface area contributed by atoms with Crippen LogP contribution in [0.1, 0.15) is 49.3 Å². The van der Waals surface area contributed by atoms with Crippen molar-refractivity contribution in [1.29, 1.82) is 0 Å². The molecule has 1 aliphatic carbocycles. The number of hydrogen-bond acceptors (Lipinski definition) is 4. The molecular weight excluding hydrogens is 440 g/mol. The molecule has 3 aromatic rings. The van der Waals surface area contributed by atoms with Crippen LogP contribution < -0.4 is 5.11 Å². The van der Waals surface area contributed by atoms with Gasteiger partial charge in [0.25, 0.3) is 0 Å². The lowest BCUT2D eigenvalue weighted by molar-refractivity contribution is -0.959. The lowest BCUT2D eigenvalue weighted by atomic mass is 9.69. The van der Waals surface area contributed by atoms with Gasteiger partial charge in [-0.2, -0.15) is 0 Å². The van der Waals surface area contributed by atoms with Crippen LogP contribution in [-0.2, 0) is 12.1 Å². The van der Waals surface area contributed by atoms with Crippen LogP contribution in [-0.4, -0.2) is 34.9 Å². The van der Waals surface area contributed by atoms with E-state index in [2.05, 4.69) is 35.3 Å². The Balaban J connectivity index is 1.19. The second-order valence-electron chi connectivity index (χ2n) is 10.7. The molecule has 0 radical (unpaired) electrons. The molecule has 4 nitrogen and oxygen atoms in total. The van der Waals surface area contributed by atoms with Gasteiger partial charge in [0.2, 0.25) is 0 Å². The van der Waals surface area contributed by atoms with Gasteiger partial charge in [0.05, 0.1) is 25.8 Å². The van der Waals surface area contributed by atoms with E-state index in [1.165, 1.54) is 43.1 Å². The molecular formula is C29H34N2O2S. The molecule has 2 atom stereocenters. The normalized spacial score (nSPS) is 28.4. The highest BCUT2D eigenvalue weighted by atomic mass is 32.2. The van der Waals surface area contributed by atoms with Crippen molar-refractivity contribution in [3.8, 4) is 0 Å². The van der Waals surface area contributed by atoms with Crippen LogP contribution in [0.4, 0.5) is 0 Å². The number of quaternary nitrogens is 1. The lowest BCUT2D eigenvalue weighted by Gasteiger charge is -2.52. The maximum absolute atomic E-state index is 14.3. The highest BCUT2D eigenvalue weighted by Crippen LogP contribution is 2.45. The van der Waals surface area contributed by atoms with Crippen molar-refractivity contribution in [3.63, 3.8) is 0 Å². The third kappa shape index (κ3) is 4.12. The summed E-state index contributed by atoms with van der Waals surface area (Å²) in [5, 5.41) is 14.3. The van der Waals surface area contributed by atoms with Crippen molar-refractivity contribution in [2.45, 2.75) is 49.1 Å². The lowest BCUT2D eigenvalue weighted by Crippen LogP contribution is -2.61. The zero-order chi connectivity index (χ0) is 23.0. The highest BCUT2D eigenvalue weighted by molar-refractivity contribution is 7.99. The maximum Gasteiger partial charge on any atom is 0.188 e. The smallest absolute Gasteiger partial charge is 0.188 e. The molecule has 3 saturated heterocycles. The Bertz CT molecular complexity index is 1090. The van der Waals surface area contributed by atoms with E-state index in [-0.39, 0.29) is 5.92 Å². The van der Waals surface area contributed by atoms with E-state index in [0.29, 0.717) is 5.89 Å². The predicted molar refractivity (Wildman–Crippen MR) is 133 cm³/mol. The number of thioether (sulfide) groups is 1. The summed E-state index contributed by atoms with van der Waals surface area (Å²) in [6, 6.07) is 20.5. The molecule has 7 rings (SSSR count). The Morgan fingerprint density at radius 2 is 1.68 bits per heavy atom. The van der Waals surface area contributed by atoms with Crippen molar-refractivity contribution in [2.75, 3.05) is 25.4 Å². The van der Waals surface area contributed by atoms with Gasteiger partial charge in [-0.25, -0.2) is 4.98 Å². The molecule has 4 aliphatic rings. The van der Waals surface area contributed by atoms with Gasteiger partial charge in [0.1, 0.15) is 6.54 Å². The maximum atomic E-state index is 14.3. The average molecular weight is 475 g/mol. The molecule has 178 valence electrons.